The van der Waals surface area contributed by atoms with E-state index in [2.05, 4.69) is 74.7 Å². The van der Waals surface area contributed by atoms with E-state index in [0.29, 0.717) is 23.9 Å². The van der Waals surface area contributed by atoms with Gasteiger partial charge in [0, 0.05) is 12.8 Å². The Labute approximate surface area is 515 Å². The first-order valence-corrected chi connectivity index (χ1v) is 37.1. The van der Waals surface area contributed by atoms with Crippen LogP contribution >= 0.6 is 7.82 Å². The molecule has 3 atom stereocenters. The van der Waals surface area contributed by atoms with Gasteiger partial charge in [0.1, 0.15) is 19.3 Å². The molecule has 0 fully saturated rings. The number of rotatable bonds is 65. The standard InChI is InChI=1S/C73H137N2O7P/c1-7-10-13-16-19-22-25-28-30-32-34-35-36-37-38-39-41-43-45-48-51-54-57-60-63-66-73(77)82-71(64-61-58-55-52-49-46-27-24-21-18-15-12-9-3)70(69-81-83(78,79)80-68-67-75(4,5)6)74-72(76)65-62-59-56-53-50-47-44-42-40-33-31-29-26-23-20-17-14-11-8-2/h20,23,28-31,40,42,61,64,70-71H,7-19,21-22,24-27,32-39,41,43-60,62-63,65-69H2,1-6H3,(H-,74,76,78,79)/p+1/b23-20-,30-28+,31-29-,42-40-,64-61-. The van der Waals surface area contributed by atoms with Crippen LogP contribution < -0.4 is 5.32 Å². The molecule has 0 aromatic heterocycles. The topological polar surface area (TPSA) is 111 Å². The monoisotopic (exact) mass is 1190 g/mol. The van der Waals surface area contributed by atoms with Crippen molar-refractivity contribution in [2.75, 3.05) is 40.9 Å². The van der Waals surface area contributed by atoms with E-state index in [1.54, 1.807) is 0 Å². The van der Waals surface area contributed by atoms with Gasteiger partial charge in [-0.3, -0.25) is 18.6 Å². The second kappa shape index (κ2) is 62.8. The van der Waals surface area contributed by atoms with Gasteiger partial charge in [0.25, 0.3) is 0 Å². The number of phosphoric acid groups is 1. The summed E-state index contributed by atoms with van der Waals surface area (Å²) in [6, 6.07) is -0.856. The molecule has 0 aromatic rings. The lowest BCUT2D eigenvalue weighted by atomic mass is 10.0. The molecule has 0 aliphatic rings. The van der Waals surface area contributed by atoms with Crippen LogP contribution in [0.5, 0.6) is 0 Å². The van der Waals surface area contributed by atoms with E-state index in [9.17, 15) is 19.0 Å². The van der Waals surface area contributed by atoms with Gasteiger partial charge in [-0.15, -0.1) is 0 Å². The fourth-order valence-electron chi connectivity index (χ4n) is 10.4. The van der Waals surface area contributed by atoms with Crippen molar-refractivity contribution in [2.45, 2.75) is 354 Å². The van der Waals surface area contributed by atoms with Crippen LogP contribution in [-0.4, -0.2) is 74.3 Å². The largest absolute Gasteiger partial charge is 0.472 e. The Balaban J connectivity index is 5.10. The summed E-state index contributed by atoms with van der Waals surface area (Å²) in [6.07, 6.45) is 80.9. The van der Waals surface area contributed by atoms with Crippen molar-refractivity contribution in [1.29, 1.82) is 0 Å². The summed E-state index contributed by atoms with van der Waals surface area (Å²) in [4.78, 5) is 37.9. The quantitative estimate of drug-likeness (QED) is 0.0205. The van der Waals surface area contributed by atoms with E-state index in [4.69, 9.17) is 13.8 Å². The Morgan fingerprint density at radius 1 is 0.422 bits per heavy atom. The van der Waals surface area contributed by atoms with Gasteiger partial charge >= 0.3 is 13.8 Å². The van der Waals surface area contributed by atoms with E-state index in [1.807, 2.05) is 33.3 Å². The third-order valence-electron chi connectivity index (χ3n) is 15.9. The normalized spacial score (nSPS) is 13.9. The van der Waals surface area contributed by atoms with Crippen LogP contribution in [0.3, 0.4) is 0 Å². The average Bonchev–Trinajstić information content (AvgIpc) is 3.47. The van der Waals surface area contributed by atoms with Gasteiger partial charge in [-0.1, -0.05) is 294 Å². The van der Waals surface area contributed by atoms with E-state index in [-0.39, 0.29) is 25.1 Å². The second-order valence-electron chi connectivity index (χ2n) is 25.4. The Morgan fingerprint density at radius 2 is 0.735 bits per heavy atom. The molecule has 10 heteroatoms. The van der Waals surface area contributed by atoms with Crippen LogP contribution in [0.2, 0.25) is 0 Å². The number of carbonyl (C=O) groups is 2. The number of esters is 1. The molecular formula is C73H138N2O7P+. The summed E-state index contributed by atoms with van der Waals surface area (Å²) in [5.74, 6) is -0.507. The first-order chi connectivity index (χ1) is 40.4. The first-order valence-electron chi connectivity index (χ1n) is 35.6. The molecule has 0 aliphatic heterocycles. The fourth-order valence-corrected chi connectivity index (χ4v) is 11.2. The predicted octanol–water partition coefficient (Wildman–Crippen LogP) is 22.6. The molecule has 0 bridgehead atoms. The molecule has 0 spiro atoms. The second-order valence-corrected chi connectivity index (χ2v) is 26.9. The maximum Gasteiger partial charge on any atom is 0.472 e. The number of ether oxygens (including phenoxy) is 1. The lowest BCUT2D eigenvalue weighted by Crippen LogP contribution is -2.47. The molecule has 0 radical (unpaired) electrons. The number of hydrogen-bond acceptors (Lipinski definition) is 6. The Morgan fingerprint density at radius 3 is 1.13 bits per heavy atom. The van der Waals surface area contributed by atoms with Gasteiger partial charge in [0.15, 0.2) is 0 Å². The molecule has 0 heterocycles. The minimum Gasteiger partial charge on any atom is -0.456 e. The summed E-state index contributed by atoms with van der Waals surface area (Å²) in [5, 5.41) is 3.07. The third-order valence-corrected chi connectivity index (χ3v) is 16.9. The molecular weight excluding hydrogens is 1050 g/mol. The predicted molar refractivity (Wildman–Crippen MR) is 360 cm³/mol. The molecule has 0 rings (SSSR count). The van der Waals surface area contributed by atoms with Gasteiger partial charge < -0.3 is 19.4 Å². The minimum absolute atomic E-state index is 0.0374. The third kappa shape index (κ3) is 64.0. The number of phosphoric ester groups is 1. The molecule has 0 saturated carbocycles. The number of likely N-dealkylation sites (N-methyl/N-ethyl adjacent to an activating group) is 1. The number of unbranched alkanes of at least 4 members (excludes halogenated alkanes) is 41. The maximum atomic E-state index is 13.6. The zero-order valence-corrected chi connectivity index (χ0v) is 56.6. The van der Waals surface area contributed by atoms with E-state index >= 15 is 0 Å². The molecule has 9 nitrogen and oxygen atoms in total. The summed E-state index contributed by atoms with van der Waals surface area (Å²) in [5.41, 5.74) is 0. The van der Waals surface area contributed by atoms with Gasteiger partial charge in [-0.05, 0) is 96.0 Å². The van der Waals surface area contributed by atoms with Gasteiger partial charge in [0.05, 0.1) is 33.8 Å². The van der Waals surface area contributed by atoms with Crippen molar-refractivity contribution in [3.63, 3.8) is 0 Å². The smallest absolute Gasteiger partial charge is 0.456 e. The Hall–Kier alpha value is -2.29. The highest BCUT2D eigenvalue weighted by Gasteiger charge is 2.30. The number of amides is 1. The van der Waals surface area contributed by atoms with Crippen molar-refractivity contribution in [3.8, 4) is 0 Å². The van der Waals surface area contributed by atoms with Crippen LogP contribution in [0.4, 0.5) is 0 Å². The van der Waals surface area contributed by atoms with Gasteiger partial charge in [-0.2, -0.15) is 0 Å². The number of allylic oxidation sites excluding steroid dienone is 9. The molecule has 0 aromatic carbocycles. The molecule has 0 saturated heterocycles. The summed E-state index contributed by atoms with van der Waals surface area (Å²) < 4.78 is 30.8. The van der Waals surface area contributed by atoms with Crippen LogP contribution in [0, 0.1) is 0 Å². The number of quaternary nitrogens is 1. The van der Waals surface area contributed by atoms with Gasteiger partial charge in [-0.25, -0.2) is 4.57 Å². The maximum absolute atomic E-state index is 13.6. The summed E-state index contributed by atoms with van der Waals surface area (Å²) in [7, 11) is 1.49. The van der Waals surface area contributed by atoms with Crippen LogP contribution in [0.15, 0.2) is 60.8 Å². The molecule has 1 amide bonds. The molecule has 2 N–H and O–H groups in total. The first kappa shape index (κ1) is 80.7. The summed E-state index contributed by atoms with van der Waals surface area (Å²) in [6.45, 7) is 7.01. The fraction of sp³-hybridized carbons (Fsp3) is 0.836. The van der Waals surface area contributed by atoms with E-state index in [0.717, 1.165) is 83.5 Å². The van der Waals surface area contributed by atoms with Crippen molar-refractivity contribution in [2.24, 2.45) is 0 Å². The highest BCUT2D eigenvalue weighted by atomic mass is 31.2. The number of nitrogens with one attached hydrogen (secondary N) is 1. The zero-order chi connectivity index (χ0) is 60.7. The molecule has 83 heavy (non-hydrogen) atoms. The zero-order valence-electron chi connectivity index (χ0n) is 55.7. The van der Waals surface area contributed by atoms with Crippen molar-refractivity contribution in [3.05, 3.63) is 60.8 Å². The Kier molecular flexibility index (Phi) is 61.0. The number of carbonyl (C=O) groups excluding carboxylic acids is 2. The number of nitrogens with zero attached hydrogens (tertiary/aromatic N) is 1. The van der Waals surface area contributed by atoms with Crippen LogP contribution in [0.25, 0.3) is 0 Å². The van der Waals surface area contributed by atoms with Crippen LogP contribution in [-0.2, 0) is 27.9 Å². The van der Waals surface area contributed by atoms with Crippen molar-refractivity contribution < 1.29 is 37.3 Å². The highest BCUT2D eigenvalue weighted by Crippen LogP contribution is 2.43. The minimum atomic E-state index is -4.46. The summed E-state index contributed by atoms with van der Waals surface area (Å²) >= 11 is 0. The Bertz CT molecular complexity index is 1600. The molecule has 486 valence electrons. The highest BCUT2D eigenvalue weighted by molar-refractivity contribution is 7.47. The van der Waals surface area contributed by atoms with Gasteiger partial charge in [0.2, 0.25) is 5.91 Å². The molecule has 0 aliphatic carbocycles. The number of hydrogen-bond donors (Lipinski definition) is 2. The van der Waals surface area contributed by atoms with Crippen molar-refractivity contribution >= 4 is 19.7 Å². The lowest BCUT2D eigenvalue weighted by Gasteiger charge is -2.27. The molecule has 3 unspecified atom stereocenters. The van der Waals surface area contributed by atoms with E-state index in [1.165, 1.54) is 225 Å². The SMILES string of the molecule is CCCCC/C=C\C/C=C\C/C=C\CCCCCCCCC(=O)NC(COP(=O)(O)OCC[N+](C)(C)C)C(/C=C\CCCCCCCCCCCCC)OC(=O)CCCCCCCCCCCCCCCCC/C=C/CCCCCCCC. The lowest BCUT2D eigenvalue weighted by molar-refractivity contribution is -0.870. The average molecular weight is 1190 g/mol. The van der Waals surface area contributed by atoms with E-state index < -0.39 is 20.0 Å². The van der Waals surface area contributed by atoms with Crippen LogP contribution in [0.1, 0.15) is 342 Å². The van der Waals surface area contributed by atoms with Crippen molar-refractivity contribution in [1.82, 2.24) is 5.32 Å².